The monoisotopic (exact) mass is 438 g/mol. The zero-order chi connectivity index (χ0) is 22.2. The molecule has 3 aliphatic rings. The highest BCUT2D eigenvalue weighted by molar-refractivity contribution is 5.83. The molecule has 8 heteroatoms. The van der Waals surface area contributed by atoms with Crippen LogP contribution in [0.1, 0.15) is 43.7 Å². The first-order valence-electron chi connectivity index (χ1n) is 11.6. The summed E-state index contributed by atoms with van der Waals surface area (Å²) in [6, 6.07) is 6.92. The Bertz CT molecular complexity index is 990. The van der Waals surface area contributed by atoms with Crippen molar-refractivity contribution in [1.29, 1.82) is 0 Å². The lowest BCUT2D eigenvalue weighted by Gasteiger charge is -2.35. The Labute approximate surface area is 188 Å². The molecule has 1 amide bonds. The summed E-state index contributed by atoms with van der Waals surface area (Å²) in [5.41, 5.74) is 9.17. The number of hydrazine groups is 1. The van der Waals surface area contributed by atoms with E-state index in [0.717, 1.165) is 42.5 Å². The van der Waals surface area contributed by atoms with Gasteiger partial charge >= 0.3 is 0 Å². The van der Waals surface area contributed by atoms with E-state index in [1.54, 1.807) is 12.3 Å². The Morgan fingerprint density at radius 1 is 1.16 bits per heavy atom. The van der Waals surface area contributed by atoms with Gasteiger partial charge in [0.05, 0.1) is 5.69 Å². The molecule has 3 fully saturated rings. The number of hydrogen-bond donors (Lipinski definition) is 2. The Morgan fingerprint density at radius 2 is 1.97 bits per heavy atom. The van der Waals surface area contributed by atoms with E-state index >= 15 is 0 Å². The number of rotatable bonds is 4. The van der Waals surface area contributed by atoms with E-state index in [2.05, 4.69) is 15.8 Å². The molecule has 3 atom stereocenters. The van der Waals surface area contributed by atoms with E-state index in [9.17, 15) is 9.18 Å². The summed E-state index contributed by atoms with van der Waals surface area (Å²) in [4.78, 5) is 26.4. The summed E-state index contributed by atoms with van der Waals surface area (Å²) in [6.07, 6.45) is 6.94. The minimum absolute atomic E-state index is 0.110. The molecule has 0 bridgehead atoms. The van der Waals surface area contributed by atoms with Gasteiger partial charge in [-0.3, -0.25) is 10.2 Å². The summed E-state index contributed by atoms with van der Waals surface area (Å²) in [5.74, 6) is 1.20. The Hall–Kier alpha value is -2.58. The minimum atomic E-state index is -0.270. The van der Waals surface area contributed by atoms with Gasteiger partial charge in [-0.25, -0.2) is 19.8 Å². The first-order valence-corrected chi connectivity index (χ1v) is 11.6. The second kappa shape index (κ2) is 8.75. The number of likely N-dealkylation sites (tertiary alicyclic amines) is 1. The van der Waals surface area contributed by atoms with Crippen molar-refractivity contribution >= 4 is 11.9 Å². The van der Waals surface area contributed by atoms with Crippen LogP contribution in [0, 0.1) is 11.7 Å². The molecule has 2 aromatic rings. The van der Waals surface area contributed by atoms with Crippen LogP contribution in [0.4, 0.5) is 10.3 Å². The van der Waals surface area contributed by atoms with Crippen LogP contribution in [-0.4, -0.2) is 60.0 Å². The molecule has 2 aliphatic heterocycles. The van der Waals surface area contributed by atoms with Gasteiger partial charge in [0.25, 0.3) is 0 Å². The van der Waals surface area contributed by atoms with Gasteiger partial charge in [-0.05, 0) is 43.4 Å². The molecule has 7 nitrogen and oxygen atoms in total. The zero-order valence-electron chi connectivity index (χ0n) is 18.7. The number of carbonyl (C=O) groups excluding carboxylic acids is 1. The number of nitrogens with zero attached hydrogens (tertiary/aromatic N) is 4. The Balaban J connectivity index is 1.34. The zero-order valence-corrected chi connectivity index (χ0v) is 18.7. The van der Waals surface area contributed by atoms with Gasteiger partial charge in [0.1, 0.15) is 11.9 Å². The molecule has 170 valence electrons. The van der Waals surface area contributed by atoms with E-state index in [1.165, 1.54) is 18.6 Å². The molecular formula is C24H31FN6O. The van der Waals surface area contributed by atoms with E-state index in [4.69, 9.17) is 4.98 Å². The maximum atomic E-state index is 13.9. The maximum Gasteiger partial charge on any atom is 0.241 e. The number of carbonyl (C=O) groups is 1. The van der Waals surface area contributed by atoms with Crippen molar-refractivity contribution in [3.63, 3.8) is 0 Å². The lowest BCUT2D eigenvalue weighted by Crippen LogP contribution is -2.50. The van der Waals surface area contributed by atoms with Crippen molar-refractivity contribution in [3.05, 3.63) is 42.0 Å². The largest absolute Gasteiger partial charge is 0.347 e. The van der Waals surface area contributed by atoms with Crippen LogP contribution < -0.4 is 15.8 Å². The quantitative estimate of drug-likeness (QED) is 0.765. The smallest absolute Gasteiger partial charge is 0.241 e. The summed E-state index contributed by atoms with van der Waals surface area (Å²) in [5, 5.41) is 0. The fourth-order valence-electron chi connectivity index (χ4n) is 5.48. The maximum absolute atomic E-state index is 13.9. The second-order valence-corrected chi connectivity index (χ2v) is 9.44. The highest BCUT2D eigenvalue weighted by atomic mass is 19.1. The fourth-order valence-corrected chi connectivity index (χ4v) is 5.48. The van der Waals surface area contributed by atoms with Crippen LogP contribution in [0.5, 0.6) is 0 Å². The molecule has 5 rings (SSSR count). The predicted molar refractivity (Wildman–Crippen MR) is 121 cm³/mol. The van der Waals surface area contributed by atoms with Crippen LogP contribution in [0.25, 0.3) is 11.1 Å². The molecule has 1 aromatic heterocycles. The lowest BCUT2D eigenvalue weighted by atomic mass is 9.88. The van der Waals surface area contributed by atoms with Crippen LogP contribution in [-0.2, 0) is 4.79 Å². The van der Waals surface area contributed by atoms with Gasteiger partial charge < -0.3 is 9.80 Å². The molecule has 0 radical (unpaired) electrons. The number of benzene rings is 1. The summed E-state index contributed by atoms with van der Waals surface area (Å²) < 4.78 is 13.9. The molecule has 3 heterocycles. The number of fused-ring (bicyclic) bond motifs is 1. The van der Waals surface area contributed by atoms with Crippen molar-refractivity contribution < 1.29 is 9.18 Å². The van der Waals surface area contributed by atoms with Gasteiger partial charge in [-0.1, -0.05) is 18.6 Å². The SMILES string of the molecule is CN(C)c1ncc(-c2cccc(F)c2)c(C2CCN(C(=O)C3NNC4CCCC43)CC2)n1. The third-order valence-corrected chi connectivity index (χ3v) is 7.22. The molecule has 1 aromatic carbocycles. The molecule has 0 spiro atoms. The molecule has 1 aliphatic carbocycles. The van der Waals surface area contributed by atoms with Gasteiger partial charge in [-0.2, -0.15) is 0 Å². The van der Waals surface area contributed by atoms with Crippen molar-refractivity contribution in [1.82, 2.24) is 25.7 Å². The third-order valence-electron chi connectivity index (χ3n) is 7.22. The lowest BCUT2D eigenvalue weighted by molar-refractivity contribution is -0.135. The average molecular weight is 439 g/mol. The number of halogens is 1. The number of aromatic nitrogens is 2. The van der Waals surface area contributed by atoms with E-state index in [1.807, 2.05) is 30.0 Å². The summed E-state index contributed by atoms with van der Waals surface area (Å²) >= 11 is 0. The van der Waals surface area contributed by atoms with Crippen LogP contribution >= 0.6 is 0 Å². The summed E-state index contributed by atoms with van der Waals surface area (Å²) in [6.45, 7) is 1.42. The van der Waals surface area contributed by atoms with E-state index < -0.39 is 0 Å². The van der Waals surface area contributed by atoms with Crippen molar-refractivity contribution in [2.45, 2.75) is 50.1 Å². The average Bonchev–Trinajstić information content (AvgIpc) is 3.42. The number of anilines is 1. The number of hydrogen-bond acceptors (Lipinski definition) is 6. The van der Waals surface area contributed by atoms with E-state index in [0.29, 0.717) is 31.0 Å². The van der Waals surface area contributed by atoms with Gasteiger partial charge in [0, 0.05) is 56.8 Å². The Kier molecular flexibility index (Phi) is 5.82. The van der Waals surface area contributed by atoms with Crippen LogP contribution in [0.15, 0.2) is 30.5 Å². The van der Waals surface area contributed by atoms with Crippen molar-refractivity contribution in [2.75, 3.05) is 32.1 Å². The van der Waals surface area contributed by atoms with Crippen LogP contribution in [0.3, 0.4) is 0 Å². The molecule has 2 saturated heterocycles. The summed E-state index contributed by atoms with van der Waals surface area (Å²) in [7, 11) is 3.84. The normalized spacial score (nSPS) is 25.7. The first-order chi connectivity index (χ1) is 15.5. The standard InChI is InChI=1S/C24H31FN6O/c1-30(2)24-26-14-19(16-5-3-6-17(25)13-16)21(27-24)15-9-11-31(12-10-15)23(32)22-18-7-4-8-20(18)28-29-22/h3,5-6,13-15,18,20,22,28-29H,4,7-12H2,1-2H3. The molecule has 1 saturated carbocycles. The molecular weight excluding hydrogens is 407 g/mol. The number of nitrogens with one attached hydrogen (secondary N) is 2. The first kappa shape index (κ1) is 21.3. The highest BCUT2D eigenvalue weighted by Gasteiger charge is 2.44. The Morgan fingerprint density at radius 3 is 2.72 bits per heavy atom. The topological polar surface area (TPSA) is 73.4 Å². The van der Waals surface area contributed by atoms with Gasteiger partial charge in [0.2, 0.25) is 11.9 Å². The van der Waals surface area contributed by atoms with Gasteiger partial charge in [0.15, 0.2) is 0 Å². The minimum Gasteiger partial charge on any atom is -0.347 e. The third kappa shape index (κ3) is 3.97. The fraction of sp³-hybridized carbons (Fsp3) is 0.542. The molecule has 32 heavy (non-hydrogen) atoms. The number of amides is 1. The molecule has 2 N–H and O–H groups in total. The predicted octanol–water partition coefficient (Wildman–Crippen LogP) is 2.70. The highest BCUT2D eigenvalue weighted by Crippen LogP contribution is 2.36. The van der Waals surface area contributed by atoms with E-state index in [-0.39, 0.29) is 23.7 Å². The van der Waals surface area contributed by atoms with Gasteiger partial charge in [-0.15, -0.1) is 0 Å². The number of piperidine rings is 1. The van der Waals surface area contributed by atoms with Crippen LogP contribution in [0.2, 0.25) is 0 Å². The van der Waals surface area contributed by atoms with Crippen molar-refractivity contribution in [3.8, 4) is 11.1 Å². The van der Waals surface area contributed by atoms with Crippen molar-refractivity contribution in [2.24, 2.45) is 5.92 Å². The molecule has 3 unspecified atom stereocenters. The second-order valence-electron chi connectivity index (χ2n) is 9.44.